The molecule has 3 aromatic rings. The summed E-state index contributed by atoms with van der Waals surface area (Å²) in [5, 5.41) is 16.9. The molecule has 10 heteroatoms. The predicted octanol–water partition coefficient (Wildman–Crippen LogP) is 6.03. The van der Waals surface area contributed by atoms with Crippen LogP contribution in [0.25, 0.3) is 11.0 Å². The van der Waals surface area contributed by atoms with Crippen molar-refractivity contribution in [3.63, 3.8) is 0 Å². The number of hydrogen-bond donors (Lipinski definition) is 3. The molecule has 4 rings (SSSR count). The number of carbonyl (C=O) groups excluding carboxylic acids is 2. The molecule has 2 aromatic carbocycles. The quantitative estimate of drug-likeness (QED) is 0.188. The molecule has 0 bridgehead atoms. The van der Waals surface area contributed by atoms with Crippen LogP contribution in [0.3, 0.4) is 0 Å². The van der Waals surface area contributed by atoms with Gasteiger partial charge in [-0.15, -0.1) is 0 Å². The van der Waals surface area contributed by atoms with E-state index in [1.807, 2.05) is 30.5 Å². The molecule has 1 aromatic heterocycles. The standard InChI is InChI=1S/C34H44ClN7O2/c1-22(33(2,3)4)38-20-23-9-14-29-28(18-23)39-32(40-30(43)24-10-12-26(35)13-11-24)42(29)21-27-8-7-17-41(27)31(44)25(19-36)15-16-34(5,6)37/h9-15,18,22,27,38H,7-8,16-17,20-21,37H2,1-6H3,(H,39,40,43). The van der Waals surface area contributed by atoms with Crippen LogP contribution >= 0.6 is 11.6 Å². The van der Waals surface area contributed by atoms with E-state index in [1.54, 1.807) is 35.2 Å². The Morgan fingerprint density at radius 1 is 1.18 bits per heavy atom. The first-order valence-corrected chi connectivity index (χ1v) is 15.5. The van der Waals surface area contributed by atoms with Gasteiger partial charge in [-0.25, -0.2) is 4.98 Å². The van der Waals surface area contributed by atoms with Crippen LogP contribution in [0, 0.1) is 16.7 Å². The van der Waals surface area contributed by atoms with Crippen molar-refractivity contribution >= 4 is 40.4 Å². The third kappa shape index (κ3) is 8.26. The molecule has 0 spiro atoms. The summed E-state index contributed by atoms with van der Waals surface area (Å²) in [6.07, 6.45) is 3.64. The monoisotopic (exact) mass is 617 g/mol. The van der Waals surface area contributed by atoms with Crippen molar-refractivity contribution in [1.29, 1.82) is 5.26 Å². The lowest BCUT2D eigenvalue weighted by atomic mass is 9.88. The van der Waals surface area contributed by atoms with E-state index in [1.165, 1.54) is 0 Å². The summed E-state index contributed by atoms with van der Waals surface area (Å²) in [6.45, 7) is 14.2. The van der Waals surface area contributed by atoms with Gasteiger partial charge in [0.05, 0.1) is 17.1 Å². The van der Waals surface area contributed by atoms with Crippen molar-refractivity contribution in [2.24, 2.45) is 11.1 Å². The molecule has 2 unspecified atom stereocenters. The number of nitriles is 1. The third-order valence-corrected chi connectivity index (χ3v) is 8.52. The van der Waals surface area contributed by atoms with Crippen LogP contribution in [0.1, 0.15) is 76.7 Å². The van der Waals surface area contributed by atoms with Gasteiger partial charge in [0.15, 0.2) is 0 Å². The number of aromatic nitrogens is 2. The zero-order chi connectivity index (χ0) is 32.2. The smallest absolute Gasteiger partial charge is 0.264 e. The van der Waals surface area contributed by atoms with Crippen molar-refractivity contribution < 1.29 is 9.59 Å². The fourth-order valence-corrected chi connectivity index (χ4v) is 5.25. The van der Waals surface area contributed by atoms with Gasteiger partial charge in [0, 0.05) is 41.8 Å². The molecular weight excluding hydrogens is 574 g/mol. The summed E-state index contributed by atoms with van der Waals surface area (Å²) in [5.41, 5.74) is 8.93. The Morgan fingerprint density at radius 3 is 2.52 bits per heavy atom. The number of nitrogens with one attached hydrogen (secondary N) is 2. The number of nitrogens with two attached hydrogens (primary N) is 1. The number of hydrogen-bond acceptors (Lipinski definition) is 6. The topological polar surface area (TPSA) is 129 Å². The predicted molar refractivity (Wildman–Crippen MR) is 176 cm³/mol. The Hall–Kier alpha value is -3.71. The molecule has 2 heterocycles. The van der Waals surface area contributed by atoms with Crippen LogP contribution in [-0.4, -0.2) is 50.4 Å². The molecule has 9 nitrogen and oxygen atoms in total. The SMILES string of the molecule is CC(NCc1ccc2c(c1)nc(NC(=O)c1ccc(Cl)cc1)n2CC1CCCN1C(=O)C(C#N)=CCC(C)(C)N)C(C)(C)C. The second-order valence-electron chi connectivity index (χ2n) is 13.5. The van der Waals surface area contributed by atoms with E-state index >= 15 is 0 Å². The molecule has 0 aliphatic carbocycles. The van der Waals surface area contributed by atoms with Gasteiger partial charge in [0.1, 0.15) is 11.6 Å². The van der Waals surface area contributed by atoms with Crippen molar-refractivity contribution in [2.75, 3.05) is 11.9 Å². The van der Waals surface area contributed by atoms with Gasteiger partial charge in [-0.2, -0.15) is 5.26 Å². The van der Waals surface area contributed by atoms with Gasteiger partial charge in [0.25, 0.3) is 11.8 Å². The number of rotatable bonds is 10. The highest BCUT2D eigenvalue weighted by atomic mass is 35.5. The minimum atomic E-state index is -0.529. The molecule has 44 heavy (non-hydrogen) atoms. The van der Waals surface area contributed by atoms with Gasteiger partial charge in [-0.3, -0.25) is 14.9 Å². The molecule has 2 amide bonds. The van der Waals surface area contributed by atoms with Crippen LogP contribution in [0.5, 0.6) is 0 Å². The average Bonchev–Trinajstić information content (AvgIpc) is 3.55. The van der Waals surface area contributed by atoms with Crippen LogP contribution in [0.2, 0.25) is 5.02 Å². The van der Waals surface area contributed by atoms with Crippen LogP contribution in [-0.2, 0) is 17.9 Å². The highest BCUT2D eigenvalue weighted by Crippen LogP contribution is 2.28. The van der Waals surface area contributed by atoms with E-state index in [9.17, 15) is 14.9 Å². The van der Waals surface area contributed by atoms with E-state index < -0.39 is 5.54 Å². The van der Waals surface area contributed by atoms with Gasteiger partial charge in [0.2, 0.25) is 5.95 Å². The first kappa shape index (κ1) is 33.2. The van der Waals surface area contributed by atoms with Crippen molar-refractivity contribution in [3.05, 3.63) is 70.3 Å². The first-order chi connectivity index (χ1) is 20.7. The summed E-state index contributed by atoms with van der Waals surface area (Å²) >= 11 is 6.03. The number of benzene rings is 2. The second-order valence-corrected chi connectivity index (χ2v) is 14.0. The zero-order valence-corrected chi connectivity index (χ0v) is 27.3. The summed E-state index contributed by atoms with van der Waals surface area (Å²) in [5.74, 6) is -0.206. The van der Waals surface area contributed by atoms with Gasteiger partial charge in [-0.05, 0) is 87.4 Å². The van der Waals surface area contributed by atoms with Gasteiger partial charge in [-0.1, -0.05) is 44.5 Å². The van der Waals surface area contributed by atoms with Crippen molar-refractivity contribution in [2.45, 2.75) is 91.5 Å². The Kier molecular flexibility index (Phi) is 10.2. The highest BCUT2D eigenvalue weighted by molar-refractivity contribution is 6.30. The molecule has 2 atom stereocenters. The largest absolute Gasteiger partial charge is 0.333 e. The first-order valence-electron chi connectivity index (χ1n) is 15.2. The maximum absolute atomic E-state index is 13.5. The Balaban J connectivity index is 1.65. The summed E-state index contributed by atoms with van der Waals surface area (Å²) in [4.78, 5) is 33.4. The number of imidazole rings is 1. The number of carbonyl (C=O) groups is 2. The number of anilines is 1. The zero-order valence-electron chi connectivity index (χ0n) is 26.6. The summed E-state index contributed by atoms with van der Waals surface area (Å²) < 4.78 is 1.97. The molecule has 0 saturated carbocycles. The maximum Gasteiger partial charge on any atom is 0.264 e. The summed E-state index contributed by atoms with van der Waals surface area (Å²) in [7, 11) is 0. The Bertz CT molecular complexity index is 1570. The lowest BCUT2D eigenvalue weighted by molar-refractivity contribution is -0.127. The number of likely N-dealkylation sites (tertiary alicyclic amines) is 1. The molecule has 1 aliphatic heterocycles. The maximum atomic E-state index is 13.5. The van der Waals surface area contributed by atoms with E-state index in [-0.39, 0.29) is 28.8 Å². The average molecular weight is 618 g/mol. The normalized spacial score (nSPS) is 16.7. The molecular formula is C34H44ClN7O2. The van der Waals surface area contributed by atoms with Crippen molar-refractivity contribution in [1.82, 2.24) is 19.8 Å². The summed E-state index contributed by atoms with van der Waals surface area (Å²) in [6, 6.07) is 15.0. The molecule has 1 saturated heterocycles. The highest BCUT2D eigenvalue weighted by Gasteiger charge is 2.32. The minimum absolute atomic E-state index is 0.101. The van der Waals surface area contributed by atoms with Crippen LogP contribution in [0.4, 0.5) is 5.95 Å². The van der Waals surface area contributed by atoms with E-state index in [0.717, 1.165) is 29.4 Å². The molecule has 0 radical (unpaired) electrons. The number of halogens is 1. The Morgan fingerprint density at radius 2 is 1.89 bits per heavy atom. The number of nitrogens with zero attached hydrogens (tertiary/aromatic N) is 4. The van der Waals surface area contributed by atoms with E-state index in [4.69, 9.17) is 22.3 Å². The lowest BCUT2D eigenvalue weighted by Gasteiger charge is -2.28. The molecule has 4 N–H and O–H groups in total. The second kappa shape index (κ2) is 13.5. The van der Waals surface area contributed by atoms with Crippen molar-refractivity contribution in [3.8, 4) is 6.07 Å². The Labute approximate surface area is 265 Å². The van der Waals surface area contributed by atoms with Crippen LogP contribution in [0.15, 0.2) is 54.1 Å². The lowest BCUT2D eigenvalue weighted by Crippen LogP contribution is -2.39. The fraction of sp³-hybridized carbons (Fsp3) is 0.471. The van der Waals surface area contributed by atoms with Crippen LogP contribution < -0.4 is 16.4 Å². The van der Waals surface area contributed by atoms with Gasteiger partial charge >= 0.3 is 0 Å². The minimum Gasteiger partial charge on any atom is -0.333 e. The molecule has 234 valence electrons. The van der Waals surface area contributed by atoms with E-state index in [0.29, 0.717) is 48.6 Å². The fourth-order valence-electron chi connectivity index (χ4n) is 5.12. The van der Waals surface area contributed by atoms with E-state index in [2.05, 4.69) is 50.5 Å². The van der Waals surface area contributed by atoms with Gasteiger partial charge < -0.3 is 20.5 Å². The third-order valence-electron chi connectivity index (χ3n) is 8.27. The number of fused-ring (bicyclic) bond motifs is 1. The molecule has 1 aliphatic rings. The molecule has 1 fully saturated rings. The number of amides is 2.